The second kappa shape index (κ2) is 3.01. The standard InChI is InChI=1S/C4H3BrClNO2S2/c1-2-3(11(6,8)9)10-4(5)7-2/h1H3. The van der Waals surface area contributed by atoms with Gasteiger partial charge in [0, 0.05) is 10.7 Å². The van der Waals surface area contributed by atoms with E-state index in [-0.39, 0.29) is 4.21 Å². The minimum absolute atomic E-state index is 0.103. The first-order chi connectivity index (χ1) is 4.91. The van der Waals surface area contributed by atoms with Crippen LogP contribution in [0.15, 0.2) is 8.13 Å². The van der Waals surface area contributed by atoms with Crippen molar-refractivity contribution in [3.05, 3.63) is 9.61 Å². The van der Waals surface area contributed by atoms with Crippen molar-refractivity contribution in [1.29, 1.82) is 0 Å². The average Bonchev–Trinajstić information content (AvgIpc) is 2.08. The Bertz CT molecular complexity index is 371. The van der Waals surface area contributed by atoms with Gasteiger partial charge in [-0.25, -0.2) is 13.4 Å². The van der Waals surface area contributed by atoms with E-state index in [1.807, 2.05) is 0 Å². The van der Waals surface area contributed by atoms with Gasteiger partial charge in [0.1, 0.15) is 0 Å². The third-order valence-electron chi connectivity index (χ3n) is 0.949. The van der Waals surface area contributed by atoms with E-state index in [4.69, 9.17) is 10.7 Å². The van der Waals surface area contributed by atoms with Crippen molar-refractivity contribution in [1.82, 2.24) is 4.98 Å². The van der Waals surface area contributed by atoms with Crippen molar-refractivity contribution in [2.75, 3.05) is 0 Å². The summed E-state index contributed by atoms with van der Waals surface area (Å²) in [4.78, 5) is 3.85. The SMILES string of the molecule is Cc1nc(Br)sc1S(=O)(=O)Cl. The van der Waals surface area contributed by atoms with Gasteiger partial charge in [-0.15, -0.1) is 0 Å². The maximum atomic E-state index is 10.8. The molecule has 1 aromatic heterocycles. The van der Waals surface area contributed by atoms with Crippen LogP contribution in [0.2, 0.25) is 0 Å². The highest BCUT2D eigenvalue weighted by atomic mass is 79.9. The molecule has 62 valence electrons. The number of hydrogen-bond donors (Lipinski definition) is 0. The van der Waals surface area contributed by atoms with Crippen LogP contribution in [0.4, 0.5) is 0 Å². The molecule has 1 rings (SSSR count). The molecule has 3 nitrogen and oxygen atoms in total. The summed E-state index contributed by atoms with van der Waals surface area (Å²) in [5.74, 6) is 0. The van der Waals surface area contributed by atoms with Crippen LogP contribution >= 0.6 is 37.9 Å². The van der Waals surface area contributed by atoms with Gasteiger partial charge in [0.25, 0.3) is 9.05 Å². The van der Waals surface area contributed by atoms with Crippen LogP contribution in [0.5, 0.6) is 0 Å². The molecule has 0 saturated carbocycles. The fourth-order valence-electron chi connectivity index (χ4n) is 0.577. The number of aryl methyl sites for hydroxylation is 1. The second-order valence-corrected chi connectivity index (χ2v) is 6.81. The Hall–Kier alpha value is 0.350. The highest BCUT2D eigenvalue weighted by molar-refractivity contribution is 9.11. The summed E-state index contributed by atoms with van der Waals surface area (Å²) in [5.41, 5.74) is 0.428. The summed E-state index contributed by atoms with van der Waals surface area (Å²) in [5, 5.41) is 0. The smallest absolute Gasteiger partial charge is 0.233 e. The van der Waals surface area contributed by atoms with Gasteiger partial charge in [-0.2, -0.15) is 0 Å². The number of halogens is 2. The predicted molar refractivity (Wildman–Crippen MR) is 47.6 cm³/mol. The summed E-state index contributed by atoms with van der Waals surface area (Å²) >= 11 is 4.07. The van der Waals surface area contributed by atoms with E-state index >= 15 is 0 Å². The highest BCUT2D eigenvalue weighted by Crippen LogP contribution is 2.29. The predicted octanol–water partition coefficient (Wildman–Crippen LogP) is 2.14. The summed E-state index contributed by atoms with van der Waals surface area (Å²) < 4.78 is 22.2. The summed E-state index contributed by atoms with van der Waals surface area (Å²) in [6.45, 7) is 1.59. The van der Waals surface area contributed by atoms with Crippen molar-refractivity contribution in [3.63, 3.8) is 0 Å². The Morgan fingerprint density at radius 1 is 1.64 bits per heavy atom. The van der Waals surface area contributed by atoms with Crippen molar-refractivity contribution in [3.8, 4) is 0 Å². The van der Waals surface area contributed by atoms with E-state index in [9.17, 15) is 8.42 Å². The average molecular weight is 277 g/mol. The number of rotatable bonds is 1. The lowest BCUT2D eigenvalue weighted by Gasteiger charge is -1.87. The molecule has 0 aromatic carbocycles. The lowest BCUT2D eigenvalue weighted by Crippen LogP contribution is -1.88. The number of hydrogen-bond acceptors (Lipinski definition) is 4. The molecule has 0 fully saturated rings. The normalized spacial score (nSPS) is 11.9. The Balaban J connectivity index is 3.36. The Morgan fingerprint density at radius 3 is 2.36 bits per heavy atom. The molecule has 0 amide bonds. The molecule has 0 bridgehead atoms. The van der Waals surface area contributed by atoms with E-state index in [1.54, 1.807) is 6.92 Å². The molecule has 0 atom stereocenters. The maximum Gasteiger partial charge on any atom is 0.272 e. The third-order valence-corrected chi connectivity index (χ3v) is 4.74. The molecule has 0 aliphatic heterocycles. The van der Waals surface area contributed by atoms with Gasteiger partial charge in [0.15, 0.2) is 8.13 Å². The molecule has 0 aliphatic rings. The van der Waals surface area contributed by atoms with Crippen LogP contribution in [0.1, 0.15) is 5.69 Å². The summed E-state index contributed by atoms with van der Waals surface area (Å²) in [7, 11) is 1.48. The van der Waals surface area contributed by atoms with Gasteiger partial charge >= 0.3 is 0 Å². The molecular formula is C4H3BrClNO2S2. The Morgan fingerprint density at radius 2 is 2.18 bits per heavy atom. The summed E-state index contributed by atoms with van der Waals surface area (Å²) in [6, 6.07) is 0. The fourth-order valence-corrected chi connectivity index (χ4v) is 3.83. The zero-order valence-electron chi connectivity index (χ0n) is 5.34. The van der Waals surface area contributed by atoms with Gasteiger partial charge in [0.05, 0.1) is 5.69 Å². The zero-order valence-corrected chi connectivity index (χ0v) is 9.31. The topological polar surface area (TPSA) is 47.0 Å². The molecule has 7 heteroatoms. The molecule has 1 aromatic rings. The lowest BCUT2D eigenvalue weighted by molar-refractivity contribution is 0.610. The number of thiazole rings is 1. The minimum Gasteiger partial charge on any atom is -0.233 e. The highest BCUT2D eigenvalue weighted by Gasteiger charge is 2.17. The van der Waals surface area contributed by atoms with E-state index in [2.05, 4.69) is 20.9 Å². The quantitative estimate of drug-likeness (QED) is 0.738. The maximum absolute atomic E-state index is 10.8. The van der Waals surface area contributed by atoms with Crippen molar-refractivity contribution >= 4 is 47.0 Å². The van der Waals surface area contributed by atoms with Crippen LogP contribution in [0, 0.1) is 6.92 Å². The fraction of sp³-hybridized carbons (Fsp3) is 0.250. The Kier molecular flexibility index (Phi) is 2.58. The number of aromatic nitrogens is 1. The molecule has 0 spiro atoms. The van der Waals surface area contributed by atoms with Crippen molar-refractivity contribution < 1.29 is 8.42 Å². The summed E-state index contributed by atoms with van der Waals surface area (Å²) in [6.07, 6.45) is 0. The van der Waals surface area contributed by atoms with Gasteiger partial charge in [-0.05, 0) is 22.9 Å². The zero-order chi connectivity index (χ0) is 8.65. The van der Waals surface area contributed by atoms with Gasteiger partial charge in [-0.1, -0.05) is 11.3 Å². The van der Waals surface area contributed by atoms with Gasteiger partial charge in [-0.3, -0.25) is 0 Å². The van der Waals surface area contributed by atoms with E-state index in [0.29, 0.717) is 9.61 Å². The Labute approximate surface area is 81.0 Å². The first-order valence-corrected chi connectivity index (χ1v) is 6.41. The van der Waals surface area contributed by atoms with E-state index in [0.717, 1.165) is 11.3 Å². The van der Waals surface area contributed by atoms with Crippen LogP contribution in [-0.4, -0.2) is 13.4 Å². The molecule has 0 saturated heterocycles. The molecule has 0 unspecified atom stereocenters. The molecule has 0 aliphatic carbocycles. The van der Waals surface area contributed by atoms with E-state index in [1.165, 1.54) is 0 Å². The van der Waals surface area contributed by atoms with Crippen LogP contribution < -0.4 is 0 Å². The van der Waals surface area contributed by atoms with Crippen LogP contribution in [-0.2, 0) is 9.05 Å². The van der Waals surface area contributed by atoms with Crippen LogP contribution in [0.25, 0.3) is 0 Å². The first-order valence-electron chi connectivity index (χ1n) is 2.49. The van der Waals surface area contributed by atoms with Gasteiger partial charge < -0.3 is 0 Å². The monoisotopic (exact) mass is 275 g/mol. The molecule has 0 N–H and O–H groups in total. The molecule has 11 heavy (non-hydrogen) atoms. The minimum atomic E-state index is -3.61. The molecule has 1 heterocycles. The third kappa shape index (κ3) is 2.14. The molecule has 0 radical (unpaired) electrons. The second-order valence-electron chi connectivity index (χ2n) is 1.78. The number of nitrogens with zero attached hydrogens (tertiary/aromatic N) is 1. The van der Waals surface area contributed by atoms with Crippen LogP contribution in [0.3, 0.4) is 0 Å². The van der Waals surface area contributed by atoms with Gasteiger partial charge in [0.2, 0.25) is 0 Å². The van der Waals surface area contributed by atoms with Crippen molar-refractivity contribution in [2.45, 2.75) is 11.1 Å². The van der Waals surface area contributed by atoms with Crippen molar-refractivity contribution in [2.24, 2.45) is 0 Å². The molecular weight excluding hydrogens is 274 g/mol. The van der Waals surface area contributed by atoms with E-state index < -0.39 is 9.05 Å². The largest absolute Gasteiger partial charge is 0.272 e. The lowest BCUT2D eigenvalue weighted by atomic mass is 10.6. The first kappa shape index (κ1) is 9.44.